The SMILES string of the molecule is [CH2]CCC(F)(F)[C@@H](F)C(C)F. The van der Waals surface area contributed by atoms with Crippen LogP contribution in [0.1, 0.15) is 19.8 Å². The van der Waals surface area contributed by atoms with Crippen LogP contribution in [0.2, 0.25) is 0 Å². The summed E-state index contributed by atoms with van der Waals surface area (Å²) in [6, 6.07) is 0. The minimum atomic E-state index is -3.57. The van der Waals surface area contributed by atoms with E-state index in [1.807, 2.05) is 0 Å². The summed E-state index contributed by atoms with van der Waals surface area (Å²) in [5.41, 5.74) is 0. The van der Waals surface area contributed by atoms with E-state index >= 15 is 0 Å². The number of rotatable bonds is 4. The van der Waals surface area contributed by atoms with E-state index in [1.165, 1.54) is 0 Å². The largest absolute Gasteiger partial charge is 0.281 e. The predicted octanol–water partition coefficient (Wildman–Crippen LogP) is 2.93. The highest BCUT2D eigenvalue weighted by molar-refractivity contribution is 4.81. The van der Waals surface area contributed by atoms with E-state index in [0.717, 1.165) is 6.92 Å². The van der Waals surface area contributed by atoms with Crippen molar-refractivity contribution in [2.75, 3.05) is 0 Å². The zero-order chi connectivity index (χ0) is 9.07. The Balaban J connectivity index is 4.05. The second kappa shape index (κ2) is 3.93. The van der Waals surface area contributed by atoms with E-state index < -0.39 is 24.7 Å². The van der Waals surface area contributed by atoms with Crippen LogP contribution in [0.25, 0.3) is 0 Å². The van der Waals surface area contributed by atoms with Gasteiger partial charge in [0.25, 0.3) is 5.92 Å². The Labute approximate surface area is 63.6 Å². The molecule has 0 aliphatic carbocycles. The van der Waals surface area contributed by atoms with Gasteiger partial charge in [-0.3, -0.25) is 0 Å². The zero-order valence-electron chi connectivity index (χ0n) is 6.29. The molecule has 0 saturated carbocycles. The molecule has 0 spiro atoms. The number of halogens is 4. The van der Waals surface area contributed by atoms with Crippen molar-refractivity contribution in [1.82, 2.24) is 0 Å². The van der Waals surface area contributed by atoms with Crippen molar-refractivity contribution in [3.05, 3.63) is 6.92 Å². The predicted molar refractivity (Wildman–Crippen MR) is 35.0 cm³/mol. The molecule has 0 aromatic rings. The minimum absolute atomic E-state index is 0.0971. The molecular weight excluding hydrogens is 160 g/mol. The molecule has 0 aromatic carbocycles. The lowest BCUT2D eigenvalue weighted by molar-refractivity contribution is -0.101. The molecule has 0 rings (SSSR count). The maximum Gasteiger partial charge on any atom is 0.281 e. The molecule has 0 aliphatic heterocycles. The van der Waals surface area contributed by atoms with Gasteiger partial charge in [-0.2, -0.15) is 0 Å². The van der Waals surface area contributed by atoms with Crippen molar-refractivity contribution in [2.45, 2.75) is 38.0 Å². The molecule has 0 heterocycles. The Hall–Kier alpha value is -0.280. The van der Waals surface area contributed by atoms with E-state index in [9.17, 15) is 17.6 Å². The quantitative estimate of drug-likeness (QED) is 0.570. The molecular formula is C7H11F4. The summed E-state index contributed by atoms with van der Waals surface area (Å²) in [6.45, 7) is 3.92. The summed E-state index contributed by atoms with van der Waals surface area (Å²) >= 11 is 0. The van der Waals surface area contributed by atoms with Gasteiger partial charge in [0.15, 0.2) is 6.17 Å². The van der Waals surface area contributed by atoms with Gasteiger partial charge < -0.3 is 0 Å². The van der Waals surface area contributed by atoms with Crippen molar-refractivity contribution in [3.8, 4) is 0 Å². The van der Waals surface area contributed by atoms with E-state index in [4.69, 9.17) is 0 Å². The van der Waals surface area contributed by atoms with Gasteiger partial charge in [0.05, 0.1) is 0 Å². The Morgan fingerprint density at radius 2 is 1.82 bits per heavy atom. The summed E-state index contributed by atoms with van der Waals surface area (Å²) in [5.74, 6) is -3.57. The third kappa shape index (κ3) is 3.08. The van der Waals surface area contributed by atoms with Gasteiger partial charge in [-0.15, -0.1) is 0 Å². The van der Waals surface area contributed by atoms with E-state index in [-0.39, 0.29) is 6.42 Å². The molecule has 0 amide bonds. The zero-order valence-corrected chi connectivity index (χ0v) is 6.29. The average molecular weight is 171 g/mol. The van der Waals surface area contributed by atoms with E-state index in [1.54, 1.807) is 0 Å². The maximum atomic E-state index is 12.4. The van der Waals surface area contributed by atoms with Gasteiger partial charge >= 0.3 is 0 Å². The molecule has 1 unspecified atom stereocenters. The second-order valence-electron chi connectivity index (χ2n) is 2.44. The van der Waals surface area contributed by atoms with Crippen molar-refractivity contribution in [2.24, 2.45) is 0 Å². The van der Waals surface area contributed by atoms with Gasteiger partial charge in [0, 0.05) is 6.42 Å². The molecule has 2 atom stereocenters. The lowest BCUT2D eigenvalue weighted by Crippen LogP contribution is -2.35. The monoisotopic (exact) mass is 171 g/mol. The second-order valence-corrected chi connectivity index (χ2v) is 2.44. The lowest BCUT2D eigenvalue weighted by atomic mass is 10.1. The maximum absolute atomic E-state index is 12.4. The first kappa shape index (κ1) is 10.7. The normalized spacial score (nSPS) is 18.0. The fourth-order valence-corrected chi connectivity index (χ4v) is 0.710. The first-order valence-electron chi connectivity index (χ1n) is 3.37. The highest BCUT2D eigenvalue weighted by Gasteiger charge is 2.42. The van der Waals surface area contributed by atoms with Crippen LogP contribution in [0.3, 0.4) is 0 Å². The Bertz CT molecular complexity index is 111. The Kier molecular flexibility index (Phi) is 3.83. The molecule has 11 heavy (non-hydrogen) atoms. The molecule has 0 N–H and O–H groups in total. The molecule has 4 heteroatoms. The smallest absolute Gasteiger partial charge is 0.244 e. The summed E-state index contributed by atoms with van der Waals surface area (Å²) in [4.78, 5) is 0. The highest BCUT2D eigenvalue weighted by Crippen LogP contribution is 2.29. The topological polar surface area (TPSA) is 0 Å². The third-order valence-electron chi connectivity index (χ3n) is 1.32. The fourth-order valence-electron chi connectivity index (χ4n) is 0.710. The van der Waals surface area contributed by atoms with Crippen LogP contribution in [0.4, 0.5) is 17.6 Å². The Morgan fingerprint density at radius 1 is 1.36 bits per heavy atom. The molecule has 0 aromatic heterocycles. The van der Waals surface area contributed by atoms with Gasteiger partial charge in [0.2, 0.25) is 0 Å². The summed E-state index contributed by atoms with van der Waals surface area (Å²) in [5, 5.41) is 0. The molecule has 0 bridgehead atoms. The van der Waals surface area contributed by atoms with Crippen LogP contribution in [0.15, 0.2) is 0 Å². The molecule has 1 radical (unpaired) electrons. The standard InChI is InChI=1S/C7H11F4/c1-3-4-7(10,11)6(9)5(2)8/h5-6H,1,3-4H2,2H3/t5?,6-/m0/s1. The first-order valence-corrected chi connectivity index (χ1v) is 3.37. The van der Waals surface area contributed by atoms with Crippen molar-refractivity contribution < 1.29 is 17.6 Å². The highest BCUT2D eigenvalue weighted by atomic mass is 19.3. The average Bonchev–Trinajstić information content (AvgIpc) is 1.86. The number of hydrogen-bond acceptors (Lipinski definition) is 0. The summed E-state index contributed by atoms with van der Waals surface area (Å²) in [7, 11) is 0. The van der Waals surface area contributed by atoms with Gasteiger partial charge in [-0.1, -0.05) is 6.92 Å². The fraction of sp³-hybridized carbons (Fsp3) is 0.857. The number of alkyl halides is 4. The molecule has 0 nitrogen and oxygen atoms in total. The first-order chi connectivity index (χ1) is 4.91. The van der Waals surface area contributed by atoms with Gasteiger partial charge in [-0.25, -0.2) is 17.6 Å². The Morgan fingerprint density at radius 3 is 2.09 bits per heavy atom. The van der Waals surface area contributed by atoms with Crippen LogP contribution in [0, 0.1) is 6.92 Å². The molecule has 0 aliphatic rings. The third-order valence-corrected chi connectivity index (χ3v) is 1.32. The van der Waals surface area contributed by atoms with Crippen LogP contribution >= 0.6 is 0 Å². The van der Waals surface area contributed by atoms with Gasteiger partial charge in [0.1, 0.15) is 6.17 Å². The van der Waals surface area contributed by atoms with E-state index in [0.29, 0.717) is 0 Å². The summed E-state index contributed by atoms with van der Waals surface area (Å²) < 4.78 is 49.2. The molecule has 0 fully saturated rings. The minimum Gasteiger partial charge on any atom is -0.244 e. The van der Waals surface area contributed by atoms with Crippen molar-refractivity contribution in [3.63, 3.8) is 0 Å². The van der Waals surface area contributed by atoms with Gasteiger partial charge in [-0.05, 0) is 13.3 Å². The van der Waals surface area contributed by atoms with Crippen LogP contribution < -0.4 is 0 Å². The van der Waals surface area contributed by atoms with Crippen LogP contribution in [0.5, 0.6) is 0 Å². The van der Waals surface area contributed by atoms with Crippen molar-refractivity contribution >= 4 is 0 Å². The number of hydrogen-bond donors (Lipinski definition) is 0. The molecule has 0 saturated heterocycles. The van der Waals surface area contributed by atoms with E-state index in [2.05, 4.69) is 6.92 Å². The lowest BCUT2D eigenvalue weighted by Gasteiger charge is -2.20. The summed E-state index contributed by atoms with van der Waals surface area (Å²) in [6.07, 6.45) is -5.64. The van der Waals surface area contributed by atoms with Crippen LogP contribution in [-0.4, -0.2) is 18.3 Å². The van der Waals surface area contributed by atoms with Crippen LogP contribution in [-0.2, 0) is 0 Å². The molecule has 67 valence electrons. The van der Waals surface area contributed by atoms with Crippen molar-refractivity contribution in [1.29, 1.82) is 0 Å².